The Morgan fingerprint density at radius 1 is 1.19 bits per heavy atom. The Bertz CT molecular complexity index is 783. The van der Waals surface area contributed by atoms with Crippen molar-refractivity contribution in [3.05, 3.63) is 58.1 Å². The van der Waals surface area contributed by atoms with E-state index >= 15 is 0 Å². The third kappa shape index (κ3) is 5.71. The van der Waals surface area contributed by atoms with Gasteiger partial charge in [-0.2, -0.15) is 0 Å². The van der Waals surface area contributed by atoms with Gasteiger partial charge in [-0.3, -0.25) is 10.1 Å². The highest BCUT2D eigenvalue weighted by atomic mass is 79.9. The first-order valence-corrected chi connectivity index (χ1v) is 9.38. The van der Waals surface area contributed by atoms with Crippen molar-refractivity contribution in [1.82, 2.24) is 10.6 Å². The van der Waals surface area contributed by atoms with Crippen LogP contribution >= 0.6 is 28.1 Å². The lowest BCUT2D eigenvalue weighted by Gasteiger charge is -2.13. The van der Waals surface area contributed by atoms with Gasteiger partial charge in [0.1, 0.15) is 0 Å². The number of halogens is 1. The normalized spacial score (nSPS) is 10.1. The SMILES string of the molecule is CCCOc1ccc(CNC(=S)NC(=O)c2ccccc2Br)cc1OC. The standard InChI is InChI=1S/C19H21BrN2O3S/c1-3-10-25-16-9-8-13(11-17(16)24-2)12-21-19(26)22-18(23)14-6-4-5-7-15(14)20/h4-9,11H,3,10,12H2,1-2H3,(H2,21,22,23,26). The second-order valence-electron chi connectivity index (χ2n) is 5.45. The number of hydrogen-bond acceptors (Lipinski definition) is 4. The number of hydrogen-bond donors (Lipinski definition) is 2. The summed E-state index contributed by atoms with van der Waals surface area (Å²) < 4.78 is 11.7. The van der Waals surface area contributed by atoms with Crippen molar-refractivity contribution in [3.8, 4) is 11.5 Å². The van der Waals surface area contributed by atoms with Crippen LogP contribution in [-0.4, -0.2) is 24.7 Å². The smallest absolute Gasteiger partial charge is 0.258 e. The Kier molecular flexibility index (Phi) is 7.87. The van der Waals surface area contributed by atoms with Gasteiger partial charge in [-0.1, -0.05) is 25.1 Å². The molecule has 0 aliphatic carbocycles. The summed E-state index contributed by atoms with van der Waals surface area (Å²) in [5, 5.41) is 5.95. The Hall–Kier alpha value is -2.12. The summed E-state index contributed by atoms with van der Waals surface area (Å²) in [6.45, 7) is 3.15. The zero-order chi connectivity index (χ0) is 18.9. The average molecular weight is 437 g/mol. The second-order valence-corrected chi connectivity index (χ2v) is 6.71. The predicted octanol–water partition coefficient (Wildman–Crippen LogP) is 4.05. The third-order valence-electron chi connectivity index (χ3n) is 3.49. The van der Waals surface area contributed by atoms with Crippen LogP contribution in [0.4, 0.5) is 0 Å². The van der Waals surface area contributed by atoms with Gasteiger partial charge in [-0.05, 0) is 64.4 Å². The number of ether oxygens (including phenoxy) is 2. The van der Waals surface area contributed by atoms with Crippen molar-refractivity contribution in [1.29, 1.82) is 0 Å². The lowest BCUT2D eigenvalue weighted by molar-refractivity contribution is 0.0976. The number of amides is 1. The van der Waals surface area contributed by atoms with Crippen LogP contribution in [0.25, 0.3) is 0 Å². The minimum atomic E-state index is -0.268. The van der Waals surface area contributed by atoms with E-state index in [4.69, 9.17) is 21.7 Å². The van der Waals surface area contributed by atoms with Gasteiger partial charge in [-0.25, -0.2) is 0 Å². The fourth-order valence-corrected chi connectivity index (χ4v) is 2.83. The monoisotopic (exact) mass is 436 g/mol. The van der Waals surface area contributed by atoms with Crippen molar-refractivity contribution in [2.75, 3.05) is 13.7 Å². The van der Waals surface area contributed by atoms with Gasteiger partial charge >= 0.3 is 0 Å². The van der Waals surface area contributed by atoms with Crippen LogP contribution in [0.1, 0.15) is 29.3 Å². The average Bonchev–Trinajstić information content (AvgIpc) is 2.65. The molecule has 2 aromatic carbocycles. The van der Waals surface area contributed by atoms with Crippen LogP contribution in [0.3, 0.4) is 0 Å². The highest BCUT2D eigenvalue weighted by Gasteiger charge is 2.11. The summed E-state index contributed by atoms with van der Waals surface area (Å²) in [6.07, 6.45) is 0.929. The molecule has 7 heteroatoms. The summed E-state index contributed by atoms with van der Waals surface area (Å²) in [5.74, 6) is 1.11. The molecule has 2 rings (SSSR count). The summed E-state index contributed by atoms with van der Waals surface area (Å²) in [6, 6.07) is 12.9. The molecule has 0 bridgehead atoms. The van der Waals surface area contributed by atoms with Gasteiger partial charge in [0.15, 0.2) is 16.6 Å². The maximum absolute atomic E-state index is 12.2. The highest BCUT2D eigenvalue weighted by Crippen LogP contribution is 2.28. The Morgan fingerprint density at radius 3 is 2.65 bits per heavy atom. The molecule has 0 aliphatic heterocycles. The first-order chi connectivity index (χ1) is 12.5. The van der Waals surface area contributed by atoms with Crippen molar-refractivity contribution < 1.29 is 14.3 Å². The van der Waals surface area contributed by atoms with E-state index in [-0.39, 0.29) is 11.0 Å². The molecule has 1 amide bonds. The fourth-order valence-electron chi connectivity index (χ4n) is 2.20. The predicted molar refractivity (Wildman–Crippen MR) is 110 cm³/mol. The molecule has 2 aromatic rings. The van der Waals surface area contributed by atoms with Gasteiger partial charge in [0, 0.05) is 11.0 Å². The largest absolute Gasteiger partial charge is 0.493 e. The van der Waals surface area contributed by atoms with Crippen LogP contribution in [0.2, 0.25) is 0 Å². The number of thiocarbonyl (C=S) groups is 1. The number of carbonyl (C=O) groups excluding carboxylic acids is 1. The molecule has 0 saturated heterocycles. The fraction of sp³-hybridized carbons (Fsp3) is 0.263. The molecule has 0 heterocycles. The lowest BCUT2D eigenvalue weighted by atomic mass is 10.2. The van der Waals surface area contributed by atoms with Gasteiger partial charge in [0.25, 0.3) is 5.91 Å². The van der Waals surface area contributed by atoms with Crippen molar-refractivity contribution in [2.45, 2.75) is 19.9 Å². The minimum absolute atomic E-state index is 0.260. The zero-order valence-electron chi connectivity index (χ0n) is 14.7. The van der Waals surface area contributed by atoms with Gasteiger partial charge < -0.3 is 14.8 Å². The molecule has 0 aromatic heterocycles. The van der Waals surface area contributed by atoms with Crippen LogP contribution in [0.15, 0.2) is 46.9 Å². The molecule has 0 radical (unpaired) electrons. The molecule has 5 nitrogen and oxygen atoms in total. The van der Waals surface area contributed by atoms with Gasteiger partial charge in [0.05, 0.1) is 19.3 Å². The first-order valence-electron chi connectivity index (χ1n) is 8.18. The van der Waals surface area contributed by atoms with Gasteiger partial charge in [-0.15, -0.1) is 0 Å². The van der Waals surface area contributed by atoms with E-state index in [2.05, 4.69) is 26.6 Å². The molecule has 0 atom stereocenters. The molecule has 0 fully saturated rings. The summed E-state index contributed by atoms with van der Waals surface area (Å²) >= 11 is 8.56. The molecular weight excluding hydrogens is 416 g/mol. The number of benzene rings is 2. The maximum atomic E-state index is 12.2. The molecule has 0 unspecified atom stereocenters. The van der Waals surface area contributed by atoms with Crippen LogP contribution in [-0.2, 0) is 6.54 Å². The summed E-state index contributed by atoms with van der Waals surface area (Å²) in [5.41, 5.74) is 1.49. The quantitative estimate of drug-likeness (QED) is 0.641. The van der Waals surface area contributed by atoms with Crippen LogP contribution in [0.5, 0.6) is 11.5 Å². The van der Waals surface area contributed by atoms with Crippen molar-refractivity contribution in [2.24, 2.45) is 0 Å². The highest BCUT2D eigenvalue weighted by molar-refractivity contribution is 9.10. The Labute approximate surface area is 167 Å². The lowest BCUT2D eigenvalue weighted by Crippen LogP contribution is -2.38. The number of rotatable bonds is 7. The van der Waals surface area contributed by atoms with Crippen LogP contribution in [0, 0.1) is 0 Å². The van der Waals surface area contributed by atoms with E-state index in [9.17, 15) is 4.79 Å². The topological polar surface area (TPSA) is 59.6 Å². The van der Waals surface area contributed by atoms with Crippen molar-refractivity contribution >= 4 is 39.2 Å². The zero-order valence-corrected chi connectivity index (χ0v) is 17.1. The van der Waals surface area contributed by atoms with Crippen molar-refractivity contribution in [3.63, 3.8) is 0 Å². The van der Waals surface area contributed by atoms with Gasteiger partial charge in [0.2, 0.25) is 0 Å². The second kappa shape index (κ2) is 10.1. The van der Waals surface area contributed by atoms with Crippen LogP contribution < -0.4 is 20.1 Å². The summed E-state index contributed by atoms with van der Waals surface area (Å²) in [4.78, 5) is 12.2. The Morgan fingerprint density at radius 2 is 1.96 bits per heavy atom. The number of methoxy groups -OCH3 is 1. The molecule has 0 spiro atoms. The van der Waals surface area contributed by atoms with E-state index in [1.54, 1.807) is 25.3 Å². The third-order valence-corrected chi connectivity index (χ3v) is 4.43. The number of carbonyl (C=O) groups is 1. The maximum Gasteiger partial charge on any atom is 0.258 e. The van der Waals surface area contributed by atoms with E-state index < -0.39 is 0 Å². The summed E-state index contributed by atoms with van der Waals surface area (Å²) in [7, 11) is 1.61. The molecule has 2 N–H and O–H groups in total. The minimum Gasteiger partial charge on any atom is -0.493 e. The Balaban J connectivity index is 1.92. The van der Waals surface area contributed by atoms with E-state index in [1.165, 1.54) is 0 Å². The molecule has 0 saturated carbocycles. The molecule has 26 heavy (non-hydrogen) atoms. The molecular formula is C19H21BrN2O3S. The molecule has 0 aliphatic rings. The number of nitrogens with one attached hydrogen (secondary N) is 2. The first kappa shape index (κ1) is 20.2. The van der Waals surface area contributed by atoms with E-state index in [1.807, 2.05) is 31.2 Å². The van der Waals surface area contributed by atoms with E-state index in [0.717, 1.165) is 12.0 Å². The van der Waals surface area contributed by atoms with E-state index in [0.29, 0.717) is 34.7 Å². The molecule has 138 valence electrons.